The van der Waals surface area contributed by atoms with E-state index < -0.39 is 0 Å². The molecule has 0 atom stereocenters. The fourth-order valence-corrected chi connectivity index (χ4v) is 3.46. The summed E-state index contributed by atoms with van der Waals surface area (Å²) in [5.74, 6) is 2.01. The van der Waals surface area contributed by atoms with E-state index in [1.54, 1.807) is 17.0 Å². The maximum Gasteiger partial charge on any atom is 0.244 e. The van der Waals surface area contributed by atoms with Gasteiger partial charge in [-0.05, 0) is 36.4 Å². The van der Waals surface area contributed by atoms with E-state index >= 15 is 0 Å². The number of hydrogen-bond acceptors (Lipinski definition) is 8. The zero-order valence-corrected chi connectivity index (χ0v) is 18.2. The summed E-state index contributed by atoms with van der Waals surface area (Å²) >= 11 is 1.48. The molecule has 0 unspecified atom stereocenters. The molecular weight excluding hydrogens is 416 g/mol. The van der Waals surface area contributed by atoms with E-state index in [2.05, 4.69) is 32.6 Å². The molecule has 2 aromatic heterocycles. The van der Waals surface area contributed by atoms with Gasteiger partial charge in [0, 0.05) is 19.2 Å². The van der Waals surface area contributed by atoms with Crippen LogP contribution in [-0.4, -0.2) is 51.8 Å². The molecule has 1 aliphatic rings. The van der Waals surface area contributed by atoms with Crippen LogP contribution in [0.25, 0.3) is 17.1 Å². The molecule has 0 saturated heterocycles. The number of anilines is 1. The number of amides is 1. The molecule has 162 valence electrons. The molecule has 4 rings (SSSR count). The Morgan fingerprint density at radius 1 is 1.26 bits per heavy atom. The molecule has 0 radical (unpaired) electrons. The van der Waals surface area contributed by atoms with Gasteiger partial charge in [0.25, 0.3) is 0 Å². The quantitative estimate of drug-likeness (QED) is 0.297. The Kier molecular flexibility index (Phi) is 6.56. The summed E-state index contributed by atoms with van der Waals surface area (Å²) in [6.07, 6.45) is 7.95. The van der Waals surface area contributed by atoms with Crippen molar-refractivity contribution in [2.45, 2.75) is 25.0 Å². The minimum atomic E-state index is -0.182. The van der Waals surface area contributed by atoms with Gasteiger partial charge in [0.1, 0.15) is 5.82 Å². The lowest BCUT2D eigenvalue weighted by Gasteiger charge is -2.08. The normalized spacial score (nSPS) is 12.6. The van der Waals surface area contributed by atoms with Crippen LogP contribution in [-0.2, 0) is 11.3 Å². The van der Waals surface area contributed by atoms with E-state index in [-0.39, 0.29) is 12.7 Å². The van der Waals surface area contributed by atoms with E-state index in [1.165, 1.54) is 17.8 Å². The fourth-order valence-electron chi connectivity index (χ4n) is 3.10. The van der Waals surface area contributed by atoms with Gasteiger partial charge in [-0.1, -0.05) is 24.8 Å². The predicted molar refractivity (Wildman–Crippen MR) is 120 cm³/mol. The minimum Gasteiger partial charge on any atom is -0.454 e. The van der Waals surface area contributed by atoms with E-state index in [0.29, 0.717) is 24.0 Å². The highest BCUT2D eigenvalue weighted by Gasteiger charge is 2.13. The first-order chi connectivity index (χ1) is 15.2. The van der Waals surface area contributed by atoms with Crippen LogP contribution in [0.5, 0.6) is 11.5 Å². The average Bonchev–Trinajstić information content (AvgIpc) is 3.42. The third-order valence-electron chi connectivity index (χ3n) is 4.65. The summed E-state index contributed by atoms with van der Waals surface area (Å²) < 4.78 is 12.4. The fraction of sp³-hybridized carbons (Fsp3) is 0.333. The van der Waals surface area contributed by atoms with Gasteiger partial charge in [-0.15, -0.1) is 0 Å². The monoisotopic (exact) mass is 440 g/mol. The average molecular weight is 441 g/mol. The number of fused-ring (bicyclic) bond motifs is 2. The van der Waals surface area contributed by atoms with Crippen molar-refractivity contribution in [3.05, 3.63) is 36.0 Å². The maximum absolute atomic E-state index is 12.2. The molecule has 1 aliphatic heterocycles. The number of thioether (sulfide) groups is 1. The highest BCUT2D eigenvalue weighted by molar-refractivity contribution is 7.98. The Balaban J connectivity index is 1.37. The van der Waals surface area contributed by atoms with Crippen LogP contribution in [0.3, 0.4) is 0 Å². The molecule has 3 aromatic rings. The summed E-state index contributed by atoms with van der Waals surface area (Å²) in [6.45, 7) is 4.10. The maximum atomic E-state index is 12.2. The second-order valence-electron chi connectivity index (χ2n) is 6.83. The Morgan fingerprint density at radius 3 is 2.97 bits per heavy atom. The van der Waals surface area contributed by atoms with Crippen molar-refractivity contribution in [2.24, 2.45) is 0 Å². The number of rotatable bonds is 9. The van der Waals surface area contributed by atoms with Gasteiger partial charge < -0.3 is 20.1 Å². The Morgan fingerprint density at radius 2 is 2.13 bits per heavy atom. The number of nitrogens with zero attached hydrogens (tertiary/aromatic N) is 4. The molecule has 10 heteroatoms. The standard InChI is InChI=1S/C21H24N6O3S/c1-3-8-23-19-15-12-24-27(20(15)26-21(25-19)31-2)10-9-22-18(28)7-5-14-4-6-16-17(11-14)30-13-29-16/h4-7,11-12H,3,8-10,13H2,1-2H3,(H,22,28)(H,23,25,26)/b7-5+. The smallest absolute Gasteiger partial charge is 0.244 e. The van der Waals surface area contributed by atoms with Crippen LogP contribution >= 0.6 is 11.8 Å². The molecule has 2 N–H and O–H groups in total. The Hall–Kier alpha value is -3.27. The molecule has 31 heavy (non-hydrogen) atoms. The predicted octanol–water partition coefficient (Wildman–Crippen LogP) is 2.93. The van der Waals surface area contributed by atoms with E-state index in [0.717, 1.165) is 41.1 Å². The zero-order chi connectivity index (χ0) is 21.6. The number of nitrogens with one attached hydrogen (secondary N) is 2. The molecule has 9 nitrogen and oxygen atoms in total. The van der Waals surface area contributed by atoms with Crippen molar-refractivity contribution in [2.75, 3.05) is 31.5 Å². The highest BCUT2D eigenvalue weighted by atomic mass is 32.2. The van der Waals surface area contributed by atoms with Crippen LogP contribution < -0.4 is 20.1 Å². The molecule has 1 amide bonds. The van der Waals surface area contributed by atoms with E-state index in [9.17, 15) is 4.79 Å². The van der Waals surface area contributed by atoms with Crippen molar-refractivity contribution in [1.29, 1.82) is 0 Å². The largest absolute Gasteiger partial charge is 0.454 e. The van der Waals surface area contributed by atoms with E-state index in [1.807, 2.05) is 24.5 Å². The van der Waals surface area contributed by atoms with Gasteiger partial charge in [0.15, 0.2) is 22.3 Å². The van der Waals surface area contributed by atoms with Crippen LogP contribution in [0.2, 0.25) is 0 Å². The summed E-state index contributed by atoms with van der Waals surface area (Å²) in [7, 11) is 0. The first-order valence-corrected chi connectivity index (χ1v) is 11.3. The molecule has 0 saturated carbocycles. The van der Waals surface area contributed by atoms with Crippen molar-refractivity contribution < 1.29 is 14.3 Å². The molecule has 3 heterocycles. The minimum absolute atomic E-state index is 0.182. The number of carbonyl (C=O) groups excluding carboxylic acids is 1. The summed E-state index contributed by atoms with van der Waals surface area (Å²) in [5, 5.41) is 12.2. The van der Waals surface area contributed by atoms with Gasteiger partial charge in [-0.3, -0.25) is 4.79 Å². The molecule has 0 spiro atoms. The number of aromatic nitrogens is 4. The lowest BCUT2D eigenvalue weighted by molar-refractivity contribution is -0.116. The molecular formula is C21H24N6O3S. The van der Waals surface area contributed by atoms with Crippen LogP contribution in [0.1, 0.15) is 18.9 Å². The van der Waals surface area contributed by atoms with Crippen LogP contribution in [0, 0.1) is 0 Å². The highest BCUT2D eigenvalue weighted by Crippen LogP contribution is 2.32. The van der Waals surface area contributed by atoms with Gasteiger partial charge in [-0.25, -0.2) is 14.6 Å². The third kappa shape index (κ3) is 4.91. The number of benzene rings is 1. The summed E-state index contributed by atoms with van der Waals surface area (Å²) in [6, 6.07) is 5.55. The third-order valence-corrected chi connectivity index (χ3v) is 5.20. The second kappa shape index (κ2) is 9.69. The zero-order valence-electron chi connectivity index (χ0n) is 17.4. The van der Waals surface area contributed by atoms with Crippen molar-refractivity contribution >= 4 is 40.6 Å². The summed E-state index contributed by atoms with van der Waals surface area (Å²) in [5.41, 5.74) is 1.62. The van der Waals surface area contributed by atoms with Crippen LogP contribution in [0.4, 0.5) is 5.82 Å². The van der Waals surface area contributed by atoms with Crippen molar-refractivity contribution in [3.63, 3.8) is 0 Å². The SMILES string of the molecule is CCCNc1nc(SC)nc2c1cnn2CCNC(=O)/C=C/c1ccc2c(c1)OCO2. The van der Waals surface area contributed by atoms with Gasteiger partial charge >= 0.3 is 0 Å². The topological polar surface area (TPSA) is 103 Å². The molecule has 0 bridgehead atoms. The lowest BCUT2D eigenvalue weighted by atomic mass is 10.2. The van der Waals surface area contributed by atoms with Crippen molar-refractivity contribution in [3.8, 4) is 11.5 Å². The summed E-state index contributed by atoms with van der Waals surface area (Å²) in [4.78, 5) is 21.3. The van der Waals surface area contributed by atoms with Gasteiger partial charge in [0.2, 0.25) is 12.7 Å². The van der Waals surface area contributed by atoms with Crippen molar-refractivity contribution in [1.82, 2.24) is 25.1 Å². The Labute approximate surface area is 184 Å². The molecule has 0 aliphatic carbocycles. The lowest BCUT2D eigenvalue weighted by Crippen LogP contribution is -2.25. The first kappa shape index (κ1) is 21.0. The Bertz CT molecular complexity index is 1110. The second-order valence-corrected chi connectivity index (χ2v) is 7.60. The first-order valence-electron chi connectivity index (χ1n) is 10.0. The number of hydrogen-bond donors (Lipinski definition) is 2. The van der Waals surface area contributed by atoms with E-state index in [4.69, 9.17) is 9.47 Å². The molecule has 0 fully saturated rings. The van der Waals surface area contributed by atoms with Gasteiger partial charge in [0.05, 0.1) is 18.1 Å². The van der Waals surface area contributed by atoms with Crippen LogP contribution in [0.15, 0.2) is 35.6 Å². The van der Waals surface area contributed by atoms with Gasteiger partial charge in [-0.2, -0.15) is 5.10 Å². The number of ether oxygens (including phenoxy) is 2. The number of carbonyl (C=O) groups is 1. The molecule has 1 aromatic carbocycles.